The molecule has 0 spiro atoms. The summed E-state index contributed by atoms with van der Waals surface area (Å²) in [6.45, 7) is 4.63. The first-order valence-electron chi connectivity index (χ1n) is 30.2. The molecule has 2 heteroatoms. The van der Waals surface area contributed by atoms with E-state index < -0.39 is 0 Å². The molecule has 0 atom stereocenters. The van der Waals surface area contributed by atoms with Crippen molar-refractivity contribution >= 4 is 23.5 Å². The van der Waals surface area contributed by atoms with Gasteiger partial charge in [-0.3, -0.25) is 0 Å². The first-order chi connectivity index (χ1) is 31.9. The third-order valence-corrected chi connectivity index (χ3v) is 16.8. The fourth-order valence-electron chi connectivity index (χ4n) is 9.89. The van der Waals surface area contributed by atoms with Gasteiger partial charge < -0.3 is 0 Å². The Labute approximate surface area is 414 Å². The summed E-state index contributed by atoms with van der Waals surface area (Å²) in [4.78, 5) is 3.06. The standard InChI is InChI=1S/C62H118S2/c1-3-5-7-9-11-13-15-17-19-21-23-25-27-29-31-33-35-37-39-41-43-45-47-49-51-55-59-63-61-57-53-54-58-62(61)64-60-56-52-50-48-46-44-42-40-38-36-34-32-30-28-26-24-22-20-18-16-14-12-10-8-6-4-2/h53-54,57-58H,3-52,55-56,59-60H2,1-2H3. The van der Waals surface area contributed by atoms with Crippen LogP contribution in [0.1, 0.15) is 348 Å². The Balaban J connectivity index is 1.77. The molecule has 0 N–H and O–H groups in total. The average molecular weight is 928 g/mol. The van der Waals surface area contributed by atoms with Crippen LogP contribution in [0.25, 0.3) is 0 Å². The molecule has 0 aromatic heterocycles. The highest BCUT2D eigenvalue weighted by Gasteiger charge is 2.04. The number of unbranched alkanes of at least 4 members (excludes halogenated alkanes) is 50. The summed E-state index contributed by atoms with van der Waals surface area (Å²) < 4.78 is 0. The molecule has 0 heterocycles. The van der Waals surface area contributed by atoms with Crippen molar-refractivity contribution in [2.45, 2.75) is 358 Å². The number of thioether (sulfide) groups is 2. The zero-order valence-electron chi connectivity index (χ0n) is 44.3. The van der Waals surface area contributed by atoms with Crippen LogP contribution in [0.4, 0.5) is 0 Å². The van der Waals surface area contributed by atoms with E-state index in [1.165, 1.54) is 355 Å². The molecule has 1 rings (SSSR count). The van der Waals surface area contributed by atoms with E-state index in [1.54, 1.807) is 0 Å². The van der Waals surface area contributed by atoms with Crippen LogP contribution in [-0.2, 0) is 0 Å². The number of hydrogen-bond donors (Lipinski definition) is 0. The summed E-state index contributed by atoms with van der Waals surface area (Å²) >= 11 is 4.23. The second kappa shape index (κ2) is 55.5. The van der Waals surface area contributed by atoms with E-state index in [9.17, 15) is 0 Å². The Bertz CT molecular complexity index is 896. The average Bonchev–Trinajstić information content (AvgIpc) is 3.31. The van der Waals surface area contributed by atoms with Gasteiger partial charge >= 0.3 is 0 Å². The lowest BCUT2D eigenvalue weighted by Gasteiger charge is -2.09. The van der Waals surface area contributed by atoms with Gasteiger partial charge in [0.1, 0.15) is 0 Å². The Morgan fingerprint density at radius 2 is 0.344 bits per heavy atom. The molecule has 378 valence electrons. The molecule has 0 aliphatic carbocycles. The molecule has 0 saturated carbocycles. The van der Waals surface area contributed by atoms with E-state index in [4.69, 9.17) is 0 Å². The molecule has 0 unspecified atom stereocenters. The summed E-state index contributed by atoms with van der Waals surface area (Å²) in [5.41, 5.74) is 0. The van der Waals surface area contributed by atoms with Gasteiger partial charge in [-0.05, 0) is 36.5 Å². The van der Waals surface area contributed by atoms with Crippen molar-refractivity contribution in [1.29, 1.82) is 0 Å². The maximum Gasteiger partial charge on any atom is 0.0208 e. The fraction of sp³-hybridized carbons (Fsp3) is 0.903. The minimum absolute atomic E-state index is 1.29. The topological polar surface area (TPSA) is 0 Å². The van der Waals surface area contributed by atoms with Gasteiger partial charge in [-0.15, -0.1) is 23.5 Å². The molecular weight excluding hydrogens is 809 g/mol. The normalized spacial score (nSPS) is 11.7. The molecule has 0 radical (unpaired) electrons. The van der Waals surface area contributed by atoms with Crippen molar-refractivity contribution in [2.75, 3.05) is 11.5 Å². The Morgan fingerprint density at radius 3 is 0.500 bits per heavy atom. The van der Waals surface area contributed by atoms with E-state index in [-0.39, 0.29) is 0 Å². The van der Waals surface area contributed by atoms with Crippen LogP contribution in [-0.4, -0.2) is 11.5 Å². The fourth-order valence-corrected chi connectivity index (χ4v) is 12.1. The summed E-state index contributed by atoms with van der Waals surface area (Å²) in [7, 11) is 0. The van der Waals surface area contributed by atoms with Crippen LogP contribution in [0.15, 0.2) is 34.1 Å². The predicted molar refractivity (Wildman–Crippen MR) is 299 cm³/mol. The van der Waals surface area contributed by atoms with Gasteiger partial charge in [-0.2, -0.15) is 0 Å². The van der Waals surface area contributed by atoms with E-state index in [2.05, 4.69) is 61.6 Å². The molecule has 0 bridgehead atoms. The quantitative estimate of drug-likeness (QED) is 0.0472. The number of benzene rings is 1. The van der Waals surface area contributed by atoms with Crippen molar-refractivity contribution in [1.82, 2.24) is 0 Å². The van der Waals surface area contributed by atoms with Crippen LogP contribution in [0.3, 0.4) is 0 Å². The minimum atomic E-state index is 1.29. The van der Waals surface area contributed by atoms with Gasteiger partial charge in [0.25, 0.3) is 0 Å². The highest BCUT2D eigenvalue weighted by atomic mass is 32.2. The van der Waals surface area contributed by atoms with Gasteiger partial charge in [0.15, 0.2) is 0 Å². The van der Waals surface area contributed by atoms with E-state index in [0.29, 0.717) is 0 Å². The molecule has 0 saturated heterocycles. The molecule has 0 aliphatic heterocycles. The zero-order chi connectivity index (χ0) is 45.6. The third-order valence-electron chi connectivity index (χ3n) is 14.4. The summed E-state index contributed by atoms with van der Waals surface area (Å²) in [5, 5.41) is 0. The zero-order valence-corrected chi connectivity index (χ0v) is 45.9. The maximum atomic E-state index is 2.37. The van der Waals surface area contributed by atoms with Gasteiger partial charge in [-0.25, -0.2) is 0 Å². The molecule has 0 fully saturated rings. The van der Waals surface area contributed by atoms with Gasteiger partial charge in [-0.1, -0.05) is 347 Å². The highest BCUT2D eigenvalue weighted by Crippen LogP contribution is 2.32. The summed E-state index contributed by atoms with van der Waals surface area (Å²) in [5.74, 6) is 2.58. The van der Waals surface area contributed by atoms with Crippen LogP contribution in [0.5, 0.6) is 0 Å². The molecule has 1 aromatic carbocycles. The smallest absolute Gasteiger partial charge is 0.0208 e. The molecule has 0 nitrogen and oxygen atoms in total. The number of hydrogen-bond acceptors (Lipinski definition) is 2. The lowest BCUT2D eigenvalue weighted by atomic mass is 10.0. The van der Waals surface area contributed by atoms with E-state index in [0.717, 1.165) is 0 Å². The number of rotatable bonds is 56. The lowest BCUT2D eigenvalue weighted by Crippen LogP contribution is -1.87. The maximum absolute atomic E-state index is 2.37. The SMILES string of the molecule is CCCCCCCCCCCCCCCCCCCCCCCCCCCCSc1ccccc1SCCCCCCCCCCCCCCCCCCCCCCCCCCCC. The molecule has 0 aliphatic rings. The van der Waals surface area contributed by atoms with Gasteiger partial charge in [0, 0.05) is 9.79 Å². The van der Waals surface area contributed by atoms with Gasteiger partial charge in [0.05, 0.1) is 0 Å². The lowest BCUT2D eigenvalue weighted by molar-refractivity contribution is 0.516. The minimum Gasteiger partial charge on any atom is -0.125 e. The highest BCUT2D eigenvalue weighted by molar-refractivity contribution is 8.02. The van der Waals surface area contributed by atoms with E-state index >= 15 is 0 Å². The Morgan fingerprint density at radius 1 is 0.203 bits per heavy atom. The third kappa shape index (κ3) is 48.4. The Hall–Kier alpha value is -0.0800. The first kappa shape index (κ1) is 61.9. The second-order valence-corrected chi connectivity index (χ2v) is 23.1. The van der Waals surface area contributed by atoms with Crippen molar-refractivity contribution in [3.05, 3.63) is 24.3 Å². The second-order valence-electron chi connectivity index (χ2n) is 20.8. The summed E-state index contributed by atoms with van der Waals surface area (Å²) in [6.07, 6.45) is 76.3. The summed E-state index contributed by atoms with van der Waals surface area (Å²) in [6, 6.07) is 9.23. The van der Waals surface area contributed by atoms with Crippen molar-refractivity contribution in [3.8, 4) is 0 Å². The van der Waals surface area contributed by atoms with Crippen molar-refractivity contribution in [2.24, 2.45) is 0 Å². The van der Waals surface area contributed by atoms with Crippen LogP contribution in [0.2, 0.25) is 0 Å². The first-order valence-corrected chi connectivity index (χ1v) is 32.2. The van der Waals surface area contributed by atoms with Gasteiger partial charge in [0.2, 0.25) is 0 Å². The monoisotopic (exact) mass is 927 g/mol. The van der Waals surface area contributed by atoms with Crippen LogP contribution >= 0.6 is 23.5 Å². The van der Waals surface area contributed by atoms with Crippen LogP contribution < -0.4 is 0 Å². The molecular formula is C62H118S2. The molecule has 64 heavy (non-hydrogen) atoms. The predicted octanol–water partition coefficient (Wildman–Crippen LogP) is 24.2. The molecule has 0 amide bonds. The van der Waals surface area contributed by atoms with Crippen LogP contribution in [0, 0.1) is 0 Å². The van der Waals surface area contributed by atoms with Crippen molar-refractivity contribution < 1.29 is 0 Å². The Kier molecular flexibility index (Phi) is 53.7. The van der Waals surface area contributed by atoms with E-state index in [1.807, 2.05) is 0 Å². The molecule has 1 aromatic rings. The van der Waals surface area contributed by atoms with Crippen molar-refractivity contribution in [3.63, 3.8) is 0 Å². The largest absolute Gasteiger partial charge is 0.125 e.